The maximum atomic E-state index is 4.83. The summed E-state index contributed by atoms with van der Waals surface area (Å²) in [6.45, 7) is 7.74. The van der Waals surface area contributed by atoms with Crippen LogP contribution in [0.1, 0.15) is 44.5 Å². The molecule has 3 heterocycles. The van der Waals surface area contributed by atoms with Crippen molar-refractivity contribution in [2.75, 3.05) is 11.9 Å². The van der Waals surface area contributed by atoms with Gasteiger partial charge in [0.2, 0.25) is 0 Å². The molecule has 0 bridgehead atoms. The second-order valence-electron chi connectivity index (χ2n) is 6.71. The molecule has 0 amide bonds. The number of hydrogen-bond donors (Lipinski definition) is 1. The van der Waals surface area contributed by atoms with Crippen molar-refractivity contribution in [3.63, 3.8) is 0 Å². The van der Waals surface area contributed by atoms with Crippen molar-refractivity contribution in [2.45, 2.75) is 39.7 Å². The first-order valence-corrected chi connectivity index (χ1v) is 7.25. The lowest BCUT2D eigenvalue weighted by molar-refractivity contribution is 0.399. The molecule has 4 heteroatoms. The van der Waals surface area contributed by atoms with Crippen LogP contribution in [0.5, 0.6) is 0 Å². The average molecular weight is 270 g/mol. The highest BCUT2D eigenvalue weighted by molar-refractivity contribution is 5.41. The molecule has 4 nitrogen and oxygen atoms in total. The Kier molecular flexibility index (Phi) is 3.24. The number of hydrogen-bond acceptors (Lipinski definition) is 3. The van der Waals surface area contributed by atoms with Gasteiger partial charge in [0, 0.05) is 25.0 Å². The maximum absolute atomic E-state index is 4.83. The standard InChI is InChI=1S/C16H22N4/c1-16(2,3)11-13-10-15-18-9-6-14(20(15)19-13)12-4-7-17-8-5-12/h4-5,7-8,10,14,18H,6,9,11H2,1-3H3. The zero-order valence-corrected chi connectivity index (χ0v) is 12.4. The van der Waals surface area contributed by atoms with E-state index in [0.29, 0.717) is 6.04 Å². The Labute approximate surface area is 120 Å². The van der Waals surface area contributed by atoms with E-state index in [-0.39, 0.29) is 5.41 Å². The molecule has 1 aliphatic heterocycles. The zero-order valence-electron chi connectivity index (χ0n) is 12.4. The second kappa shape index (κ2) is 4.93. The van der Waals surface area contributed by atoms with Crippen LogP contribution in [-0.2, 0) is 6.42 Å². The topological polar surface area (TPSA) is 42.7 Å². The highest BCUT2D eigenvalue weighted by Gasteiger charge is 2.24. The molecule has 1 unspecified atom stereocenters. The van der Waals surface area contributed by atoms with Gasteiger partial charge in [-0.15, -0.1) is 0 Å². The zero-order chi connectivity index (χ0) is 14.2. The van der Waals surface area contributed by atoms with Crippen molar-refractivity contribution in [2.24, 2.45) is 5.41 Å². The highest BCUT2D eigenvalue weighted by Crippen LogP contribution is 2.31. The molecule has 106 valence electrons. The Morgan fingerprint density at radius 3 is 2.75 bits per heavy atom. The number of rotatable bonds is 2. The van der Waals surface area contributed by atoms with Crippen LogP contribution >= 0.6 is 0 Å². The monoisotopic (exact) mass is 270 g/mol. The van der Waals surface area contributed by atoms with Gasteiger partial charge in [0.15, 0.2) is 0 Å². The van der Waals surface area contributed by atoms with Crippen LogP contribution in [0, 0.1) is 5.41 Å². The first kappa shape index (κ1) is 13.2. The fourth-order valence-electron chi connectivity index (χ4n) is 2.80. The molecule has 0 fully saturated rings. The van der Waals surface area contributed by atoms with Gasteiger partial charge in [-0.25, -0.2) is 4.68 Å². The van der Waals surface area contributed by atoms with Gasteiger partial charge in [-0.3, -0.25) is 4.98 Å². The molecule has 3 rings (SSSR count). The van der Waals surface area contributed by atoms with Gasteiger partial charge in [-0.2, -0.15) is 5.10 Å². The molecule has 1 atom stereocenters. The molecular formula is C16H22N4. The van der Waals surface area contributed by atoms with Crippen LogP contribution < -0.4 is 5.32 Å². The summed E-state index contributed by atoms with van der Waals surface area (Å²) in [5.74, 6) is 1.14. The van der Waals surface area contributed by atoms with E-state index in [1.165, 1.54) is 11.3 Å². The van der Waals surface area contributed by atoms with Gasteiger partial charge in [0.25, 0.3) is 0 Å². The maximum Gasteiger partial charge on any atom is 0.125 e. The van der Waals surface area contributed by atoms with Gasteiger partial charge < -0.3 is 5.32 Å². The molecule has 0 radical (unpaired) electrons. The van der Waals surface area contributed by atoms with E-state index in [2.05, 4.69) is 54.0 Å². The highest BCUT2D eigenvalue weighted by atomic mass is 15.4. The molecule has 1 aliphatic rings. The van der Waals surface area contributed by atoms with Crippen LogP contribution in [0.25, 0.3) is 0 Å². The van der Waals surface area contributed by atoms with E-state index < -0.39 is 0 Å². The van der Waals surface area contributed by atoms with E-state index in [4.69, 9.17) is 5.10 Å². The molecular weight excluding hydrogens is 248 g/mol. The molecule has 0 saturated carbocycles. The van der Waals surface area contributed by atoms with Gasteiger partial charge in [-0.1, -0.05) is 20.8 Å². The van der Waals surface area contributed by atoms with Gasteiger partial charge >= 0.3 is 0 Å². The smallest absolute Gasteiger partial charge is 0.125 e. The molecule has 0 aliphatic carbocycles. The van der Waals surface area contributed by atoms with E-state index in [1.807, 2.05) is 12.4 Å². The van der Waals surface area contributed by atoms with Gasteiger partial charge in [0.1, 0.15) is 5.82 Å². The number of nitrogens with zero attached hydrogens (tertiary/aromatic N) is 3. The Balaban J connectivity index is 1.93. The van der Waals surface area contributed by atoms with Crippen LogP contribution in [0.3, 0.4) is 0 Å². The van der Waals surface area contributed by atoms with E-state index >= 15 is 0 Å². The Morgan fingerprint density at radius 2 is 2.05 bits per heavy atom. The SMILES string of the molecule is CC(C)(C)Cc1cc2n(n1)C(c1ccncc1)CCN2. The Hall–Kier alpha value is -1.84. The molecule has 20 heavy (non-hydrogen) atoms. The predicted octanol–water partition coefficient (Wildman–Crippen LogP) is 3.27. The fourth-order valence-corrected chi connectivity index (χ4v) is 2.80. The third-order valence-electron chi connectivity index (χ3n) is 3.61. The van der Waals surface area contributed by atoms with Gasteiger partial charge in [-0.05, 0) is 36.0 Å². The Morgan fingerprint density at radius 1 is 1.30 bits per heavy atom. The van der Waals surface area contributed by atoms with Crippen LogP contribution in [-0.4, -0.2) is 21.3 Å². The van der Waals surface area contributed by atoms with Gasteiger partial charge in [0.05, 0.1) is 11.7 Å². The quantitative estimate of drug-likeness (QED) is 0.910. The van der Waals surface area contributed by atoms with Crippen LogP contribution in [0.2, 0.25) is 0 Å². The van der Waals surface area contributed by atoms with E-state index in [0.717, 1.165) is 25.2 Å². The first-order chi connectivity index (χ1) is 9.53. The minimum absolute atomic E-state index is 0.261. The normalized spacial score (nSPS) is 18.4. The average Bonchev–Trinajstić information content (AvgIpc) is 2.79. The number of fused-ring (bicyclic) bond motifs is 1. The van der Waals surface area contributed by atoms with Crippen molar-refractivity contribution in [1.29, 1.82) is 0 Å². The largest absolute Gasteiger partial charge is 0.370 e. The number of anilines is 1. The third kappa shape index (κ3) is 2.69. The summed E-state index contributed by atoms with van der Waals surface area (Å²) in [7, 11) is 0. The Bertz CT molecular complexity index is 580. The van der Waals surface area contributed by atoms with Crippen molar-refractivity contribution in [1.82, 2.24) is 14.8 Å². The van der Waals surface area contributed by atoms with E-state index in [1.54, 1.807) is 0 Å². The van der Waals surface area contributed by atoms with Crippen molar-refractivity contribution < 1.29 is 0 Å². The lowest BCUT2D eigenvalue weighted by Crippen LogP contribution is -2.24. The summed E-state index contributed by atoms with van der Waals surface area (Å²) in [5.41, 5.74) is 2.71. The number of nitrogens with one attached hydrogen (secondary N) is 1. The molecule has 1 N–H and O–H groups in total. The molecule has 0 saturated heterocycles. The summed E-state index contributed by atoms with van der Waals surface area (Å²) >= 11 is 0. The van der Waals surface area contributed by atoms with Crippen molar-refractivity contribution in [3.05, 3.63) is 41.9 Å². The summed E-state index contributed by atoms with van der Waals surface area (Å²) < 4.78 is 2.14. The summed E-state index contributed by atoms with van der Waals surface area (Å²) in [5, 5.41) is 8.28. The third-order valence-corrected chi connectivity index (χ3v) is 3.61. The van der Waals surface area contributed by atoms with E-state index in [9.17, 15) is 0 Å². The summed E-state index contributed by atoms with van der Waals surface area (Å²) in [4.78, 5) is 4.10. The molecule has 0 spiro atoms. The molecule has 2 aromatic rings. The lowest BCUT2D eigenvalue weighted by atomic mass is 9.91. The summed E-state index contributed by atoms with van der Waals surface area (Å²) in [6.07, 6.45) is 5.78. The predicted molar refractivity (Wildman–Crippen MR) is 80.9 cm³/mol. The van der Waals surface area contributed by atoms with Crippen molar-refractivity contribution in [3.8, 4) is 0 Å². The van der Waals surface area contributed by atoms with Crippen LogP contribution in [0.4, 0.5) is 5.82 Å². The first-order valence-electron chi connectivity index (χ1n) is 7.25. The number of aromatic nitrogens is 3. The fraction of sp³-hybridized carbons (Fsp3) is 0.500. The minimum atomic E-state index is 0.261. The molecule has 2 aromatic heterocycles. The molecule has 0 aromatic carbocycles. The van der Waals surface area contributed by atoms with Crippen LogP contribution in [0.15, 0.2) is 30.6 Å². The van der Waals surface area contributed by atoms with Crippen molar-refractivity contribution >= 4 is 5.82 Å². The number of pyridine rings is 1. The lowest BCUT2D eigenvalue weighted by Gasteiger charge is -2.25. The summed E-state index contributed by atoms with van der Waals surface area (Å²) in [6, 6.07) is 6.69. The second-order valence-corrected chi connectivity index (χ2v) is 6.71. The minimum Gasteiger partial charge on any atom is -0.370 e.